The van der Waals surface area contributed by atoms with Crippen molar-refractivity contribution in [2.75, 3.05) is 27.2 Å². The normalized spacial score (nSPS) is 21.4. The molecule has 1 fully saturated rings. The maximum absolute atomic E-state index is 4.55. The quantitative estimate of drug-likeness (QED) is 0.696. The van der Waals surface area contributed by atoms with Gasteiger partial charge in [-0.1, -0.05) is 6.07 Å². The lowest BCUT2D eigenvalue weighted by Gasteiger charge is -2.40. The molecule has 144 valence electrons. The molecule has 0 spiro atoms. The number of piperidine rings is 1. The summed E-state index contributed by atoms with van der Waals surface area (Å²) in [6.45, 7) is 5.27. The third-order valence-corrected chi connectivity index (χ3v) is 5.78. The van der Waals surface area contributed by atoms with Gasteiger partial charge in [-0.05, 0) is 58.0 Å². The van der Waals surface area contributed by atoms with Gasteiger partial charge in [-0.3, -0.25) is 9.58 Å². The van der Waals surface area contributed by atoms with Crippen LogP contribution >= 0.6 is 0 Å². The van der Waals surface area contributed by atoms with Crippen LogP contribution in [0, 0.1) is 12.8 Å². The van der Waals surface area contributed by atoms with Crippen molar-refractivity contribution >= 4 is 5.65 Å². The van der Waals surface area contributed by atoms with Gasteiger partial charge in [0.1, 0.15) is 5.65 Å². The van der Waals surface area contributed by atoms with Crippen molar-refractivity contribution in [1.82, 2.24) is 29.0 Å². The molecule has 0 aliphatic carbocycles. The molecular formula is C21H30N6. The predicted molar refractivity (Wildman–Crippen MR) is 108 cm³/mol. The van der Waals surface area contributed by atoms with E-state index in [9.17, 15) is 0 Å². The second kappa shape index (κ2) is 7.44. The zero-order valence-corrected chi connectivity index (χ0v) is 16.8. The topological polar surface area (TPSA) is 41.6 Å². The zero-order valence-electron chi connectivity index (χ0n) is 16.8. The summed E-state index contributed by atoms with van der Waals surface area (Å²) in [6, 6.07) is 4.65. The second-order valence-electron chi connectivity index (χ2n) is 8.16. The molecule has 1 aliphatic rings. The van der Waals surface area contributed by atoms with Crippen LogP contribution in [0.25, 0.3) is 5.65 Å². The van der Waals surface area contributed by atoms with Gasteiger partial charge in [0.2, 0.25) is 0 Å². The Morgan fingerprint density at radius 2 is 2.04 bits per heavy atom. The maximum atomic E-state index is 4.55. The monoisotopic (exact) mass is 366 g/mol. The van der Waals surface area contributed by atoms with Crippen molar-refractivity contribution in [3.63, 3.8) is 0 Å². The minimum Gasteiger partial charge on any atom is -0.303 e. The van der Waals surface area contributed by atoms with E-state index in [1.165, 1.54) is 29.7 Å². The Morgan fingerprint density at radius 1 is 1.19 bits per heavy atom. The van der Waals surface area contributed by atoms with E-state index in [4.69, 9.17) is 0 Å². The Balaban J connectivity index is 1.50. The Hall–Kier alpha value is -2.18. The van der Waals surface area contributed by atoms with E-state index >= 15 is 0 Å². The van der Waals surface area contributed by atoms with Crippen LogP contribution in [-0.2, 0) is 13.6 Å². The predicted octanol–water partition coefficient (Wildman–Crippen LogP) is 2.89. The van der Waals surface area contributed by atoms with Crippen LogP contribution in [0.1, 0.15) is 35.7 Å². The van der Waals surface area contributed by atoms with Crippen LogP contribution in [0.2, 0.25) is 0 Å². The Bertz CT molecular complexity index is 910. The average Bonchev–Trinajstić information content (AvgIpc) is 3.21. The number of pyridine rings is 1. The Kier molecular flexibility index (Phi) is 5.02. The molecule has 6 nitrogen and oxygen atoms in total. The lowest BCUT2D eigenvalue weighted by Crippen LogP contribution is -2.40. The van der Waals surface area contributed by atoms with Gasteiger partial charge >= 0.3 is 0 Å². The summed E-state index contributed by atoms with van der Waals surface area (Å²) in [5, 5.41) is 4.41. The van der Waals surface area contributed by atoms with Crippen LogP contribution < -0.4 is 0 Å². The fourth-order valence-electron chi connectivity index (χ4n) is 4.57. The third-order valence-electron chi connectivity index (χ3n) is 5.78. The van der Waals surface area contributed by atoms with Gasteiger partial charge in [-0.25, -0.2) is 4.98 Å². The smallest absolute Gasteiger partial charge is 0.136 e. The van der Waals surface area contributed by atoms with Gasteiger partial charge in [0.25, 0.3) is 0 Å². The van der Waals surface area contributed by atoms with Gasteiger partial charge in [0, 0.05) is 44.1 Å². The van der Waals surface area contributed by atoms with Crippen LogP contribution in [0.5, 0.6) is 0 Å². The van der Waals surface area contributed by atoms with Gasteiger partial charge in [0.15, 0.2) is 0 Å². The van der Waals surface area contributed by atoms with Crippen molar-refractivity contribution in [1.29, 1.82) is 0 Å². The first-order valence-corrected chi connectivity index (χ1v) is 9.81. The fraction of sp³-hybridized carbons (Fsp3) is 0.524. The first-order valence-electron chi connectivity index (χ1n) is 9.81. The number of fused-ring (bicyclic) bond motifs is 1. The van der Waals surface area contributed by atoms with Crippen LogP contribution in [0.4, 0.5) is 0 Å². The standard InChI is InChI=1S/C21H30N6/c1-16-7-8-20-22-11-19(27(20)12-16)15-24(2)13-17-6-5-9-25(3)21(17)18-10-23-26(4)14-18/h7-8,10-12,14,17,21H,5-6,9,13,15H2,1-4H3/t17-,21+/m0/s1. The van der Waals surface area contributed by atoms with Gasteiger partial charge in [-0.2, -0.15) is 5.10 Å². The fourth-order valence-corrected chi connectivity index (χ4v) is 4.57. The first kappa shape index (κ1) is 18.2. The summed E-state index contributed by atoms with van der Waals surface area (Å²) in [4.78, 5) is 9.49. The van der Waals surface area contributed by atoms with E-state index in [0.29, 0.717) is 12.0 Å². The van der Waals surface area contributed by atoms with Crippen molar-refractivity contribution in [2.45, 2.75) is 32.4 Å². The number of hydrogen-bond donors (Lipinski definition) is 0. The summed E-state index contributed by atoms with van der Waals surface area (Å²) in [6.07, 6.45) is 10.9. The molecule has 3 aromatic rings. The average molecular weight is 367 g/mol. The van der Waals surface area contributed by atoms with Crippen LogP contribution in [0.15, 0.2) is 36.9 Å². The maximum Gasteiger partial charge on any atom is 0.136 e. The SMILES string of the molecule is Cc1ccc2ncc(CN(C)C[C@@H]3CCCN(C)[C@H]3c3cnn(C)c3)n2c1. The molecule has 0 unspecified atom stereocenters. The highest BCUT2D eigenvalue weighted by Gasteiger charge is 2.32. The molecule has 1 saturated heterocycles. The molecule has 4 heterocycles. The Labute approximate surface area is 161 Å². The van der Waals surface area contributed by atoms with Gasteiger partial charge in [0.05, 0.1) is 18.1 Å². The minimum absolute atomic E-state index is 0.444. The lowest BCUT2D eigenvalue weighted by atomic mass is 9.85. The van der Waals surface area contributed by atoms with Crippen molar-refractivity contribution in [3.05, 3.63) is 53.7 Å². The number of likely N-dealkylation sites (tertiary alicyclic amines) is 1. The number of nitrogens with zero attached hydrogens (tertiary/aromatic N) is 6. The molecule has 0 aromatic carbocycles. The van der Waals surface area contributed by atoms with E-state index < -0.39 is 0 Å². The number of hydrogen-bond acceptors (Lipinski definition) is 4. The number of aryl methyl sites for hydroxylation is 2. The third kappa shape index (κ3) is 3.77. The summed E-state index contributed by atoms with van der Waals surface area (Å²) < 4.78 is 4.14. The number of aromatic nitrogens is 4. The molecule has 0 N–H and O–H groups in total. The number of imidazole rings is 1. The molecule has 4 rings (SSSR count). The summed E-state index contributed by atoms with van der Waals surface area (Å²) in [5.41, 5.74) is 4.87. The van der Waals surface area contributed by atoms with Crippen molar-refractivity contribution in [2.24, 2.45) is 13.0 Å². The van der Waals surface area contributed by atoms with E-state index in [1.54, 1.807) is 0 Å². The van der Waals surface area contributed by atoms with Crippen LogP contribution in [0.3, 0.4) is 0 Å². The zero-order chi connectivity index (χ0) is 19.0. The number of rotatable bonds is 5. The van der Waals surface area contributed by atoms with E-state index in [2.05, 4.69) is 69.8 Å². The molecule has 6 heteroatoms. The molecule has 0 saturated carbocycles. The van der Waals surface area contributed by atoms with Crippen LogP contribution in [-0.4, -0.2) is 56.1 Å². The minimum atomic E-state index is 0.444. The molecule has 0 bridgehead atoms. The molecule has 2 atom stereocenters. The summed E-state index contributed by atoms with van der Waals surface area (Å²) in [5.74, 6) is 0.610. The summed E-state index contributed by atoms with van der Waals surface area (Å²) >= 11 is 0. The molecular weight excluding hydrogens is 336 g/mol. The molecule has 3 aromatic heterocycles. The highest BCUT2D eigenvalue weighted by atomic mass is 15.3. The van der Waals surface area contributed by atoms with Crippen molar-refractivity contribution in [3.8, 4) is 0 Å². The van der Waals surface area contributed by atoms with Crippen molar-refractivity contribution < 1.29 is 0 Å². The Morgan fingerprint density at radius 3 is 2.81 bits per heavy atom. The first-order chi connectivity index (χ1) is 13.0. The van der Waals surface area contributed by atoms with E-state index in [0.717, 1.165) is 25.3 Å². The van der Waals surface area contributed by atoms with Gasteiger partial charge in [-0.15, -0.1) is 0 Å². The van der Waals surface area contributed by atoms with Gasteiger partial charge < -0.3 is 9.30 Å². The van der Waals surface area contributed by atoms with E-state index in [-0.39, 0.29) is 0 Å². The largest absolute Gasteiger partial charge is 0.303 e. The lowest BCUT2D eigenvalue weighted by molar-refractivity contribution is 0.0922. The van der Waals surface area contributed by atoms with E-state index in [1.807, 2.05) is 24.1 Å². The highest BCUT2D eigenvalue weighted by Crippen LogP contribution is 2.35. The molecule has 0 radical (unpaired) electrons. The molecule has 0 amide bonds. The second-order valence-corrected chi connectivity index (χ2v) is 8.16. The highest BCUT2D eigenvalue weighted by molar-refractivity contribution is 5.41. The molecule has 27 heavy (non-hydrogen) atoms. The summed E-state index contributed by atoms with van der Waals surface area (Å²) in [7, 11) is 6.47. The molecule has 1 aliphatic heterocycles.